The average Bonchev–Trinajstić information content (AvgIpc) is 2.73. The fraction of sp³-hybridized carbons (Fsp3) is 0.357. The van der Waals surface area contributed by atoms with E-state index in [0.717, 1.165) is 0 Å². The number of benzene rings is 1. The molecule has 94 valence electrons. The van der Waals surface area contributed by atoms with E-state index < -0.39 is 0 Å². The van der Waals surface area contributed by atoms with Gasteiger partial charge >= 0.3 is 0 Å². The lowest BCUT2D eigenvalue weighted by Gasteiger charge is -2.18. The van der Waals surface area contributed by atoms with Crippen molar-refractivity contribution in [2.24, 2.45) is 7.05 Å². The second kappa shape index (κ2) is 4.37. The zero-order valence-electron chi connectivity index (χ0n) is 11.1. The highest BCUT2D eigenvalue weighted by Crippen LogP contribution is 2.22. The maximum Gasteiger partial charge on any atom is 0.229 e. The minimum Gasteiger partial charge on any atom is -0.285 e. The Bertz CT molecular complexity index is 561. The number of carbonyl (C=O) groups excluding carboxylic acids is 1. The number of aromatic nitrogens is 3. The number of aryl methyl sites for hydroxylation is 1. The maximum absolute atomic E-state index is 12.2. The molecule has 4 heteroatoms. The van der Waals surface area contributed by atoms with Gasteiger partial charge in [-0.25, -0.2) is 9.67 Å². The highest BCUT2D eigenvalue weighted by atomic mass is 16.1. The quantitative estimate of drug-likeness (QED) is 0.761. The van der Waals surface area contributed by atoms with E-state index >= 15 is 0 Å². The fourth-order valence-electron chi connectivity index (χ4n) is 1.75. The molecule has 4 nitrogen and oxygen atoms in total. The highest BCUT2D eigenvalue weighted by molar-refractivity contribution is 6.06. The molecule has 0 saturated carbocycles. The van der Waals surface area contributed by atoms with E-state index in [9.17, 15) is 4.79 Å². The van der Waals surface area contributed by atoms with Crippen molar-refractivity contribution in [3.05, 3.63) is 47.5 Å². The van der Waals surface area contributed by atoms with Gasteiger partial charge in [0, 0.05) is 12.6 Å². The summed E-state index contributed by atoms with van der Waals surface area (Å²) >= 11 is 0. The fourth-order valence-corrected chi connectivity index (χ4v) is 1.75. The van der Waals surface area contributed by atoms with Crippen LogP contribution >= 0.6 is 0 Å². The average molecular weight is 243 g/mol. The van der Waals surface area contributed by atoms with Crippen molar-refractivity contribution in [1.82, 2.24) is 14.8 Å². The molecule has 0 aliphatic rings. The van der Waals surface area contributed by atoms with Gasteiger partial charge in [0.15, 0.2) is 5.82 Å². The van der Waals surface area contributed by atoms with Crippen molar-refractivity contribution >= 4 is 5.78 Å². The molecule has 2 aromatic rings. The highest BCUT2D eigenvalue weighted by Gasteiger charge is 2.17. The Morgan fingerprint density at radius 2 is 1.78 bits per heavy atom. The van der Waals surface area contributed by atoms with Gasteiger partial charge in [-0.3, -0.25) is 4.79 Å². The molecule has 0 aliphatic heterocycles. The molecule has 1 aromatic heterocycles. The molecule has 0 N–H and O–H groups in total. The molecule has 0 bridgehead atoms. The van der Waals surface area contributed by atoms with Gasteiger partial charge in [-0.05, 0) is 11.0 Å². The summed E-state index contributed by atoms with van der Waals surface area (Å²) in [6.45, 7) is 6.44. The van der Waals surface area contributed by atoms with E-state index in [2.05, 4.69) is 30.9 Å². The number of hydrogen-bond donors (Lipinski definition) is 0. The van der Waals surface area contributed by atoms with E-state index in [0.29, 0.717) is 11.4 Å². The van der Waals surface area contributed by atoms with Gasteiger partial charge in [-0.15, -0.1) is 0 Å². The molecule has 2 rings (SSSR count). The first-order chi connectivity index (χ1) is 8.39. The molecule has 0 aliphatic carbocycles. The van der Waals surface area contributed by atoms with Crippen LogP contribution in [-0.4, -0.2) is 20.5 Å². The first-order valence-electron chi connectivity index (χ1n) is 5.89. The van der Waals surface area contributed by atoms with Gasteiger partial charge in [0.25, 0.3) is 0 Å². The third kappa shape index (κ3) is 2.32. The van der Waals surface area contributed by atoms with Gasteiger partial charge in [0.05, 0.1) is 0 Å². The minimum absolute atomic E-state index is 0.0896. The molecule has 0 amide bonds. The van der Waals surface area contributed by atoms with Crippen molar-refractivity contribution < 1.29 is 4.79 Å². The molecule has 0 radical (unpaired) electrons. The van der Waals surface area contributed by atoms with Crippen LogP contribution in [0.25, 0.3) is 0 Å². The van der Waals surface area contributed by atoms with Crippen molar-refractivity contribution in [3.8, 4) is 0 Å². The van der Waals surface area contributed by atoms with Crippen LogP contribution in [0.3, 0.4) is 0 Å². The number of rotatable bonds is 2. The summed E-state index contributed by atoms with van der Waals surface area (Å²) in [5, 5.41) is 3.90. The summed E-state index contributed by atoms with van der Waals surface area (Å²) in [4.78, 5) is 16.1. The van der Waals surface area contributed by atoms with Crippen LogP contribution in [0.15, 0.2) is 30.6 Å². The molecule has 0 fully saturated rings. The maximum atomic E-state index is 12.2. The summed E-state index contributed by atoms with van der Waals surface area (Å²) in [5.41, 5.74) is 1.93. The molecule has 18 heavy (non-hydrogen) atoms. The molecule has 0 unspecified atom stereocenters. The summed E-state index contributed by atoms with van der Waals surface area (Å²) < 4.78 is 1.49. The monoisotopic (exact) mass is 243 g/mol. The number of ketones is 1. The van der Waals surface area contributed by atoms with Gasteiger partial charge in [0.1, 0.15) is 6.33 Å². The largest absolute Gasteiger partial charge is 0.285 e. The number of carbonyl (C=O) groups is 1. The van der Waals surface area contributed by atoms with E-state index in [1.807, 2.05) is 24.3 Å². The van der Waals surface area contributed by atoms with Crippen molar-refractivity contribution in [2.75, 3.05) is 0 Å². The topological polar surface area (TPSA) is 47.8 Å². The van der Waals surface area contributed by atoms with E-state index in [1.165, 1.54) is 16.6 Å². The summed E-state index contributed by atoms with van der Waals surface area (Å²) in [6.07, 6.45) is 1.39. The number of nitrogens with zero attached hydrogens (tertiary/aromatic N) is 3. The van der Waals surface area contributed by atoms with Crippen LogP contribution in [0.4, 0.5) is 0 Å². The second-order valence-electron chi connectivity index (χ2n) is 5.36. The lowest BCUT2D eigenvalue weighted by molar-refractivity contribution is 0.102. The van der Waals surface area contributed by atoms with E-state index in [1.54, 1.807) is 7.05 Å². The summed E-state index contributed by atoms with van der Waals surface area (Å²) in [7, 11) is 1.71. The predicted molar refractivity (Wildman–Crippen MR) is 69.6 cm³/mol. The van der Waals surface area contributed by atoms with E-state index in [4.69, 9.17) is 0 Å². The molecule has 1 heterocycles. The lowest BCUT2D eigenvalue weighted by atomic mass is 9.86. The number of hydrogen-bond acceptors (Lipinski definition) is 3. The molecule has 1 aromatic carbocycles. The molecule has 0 spiro atoms. The predicted octanol–water partition coefficient (Wildman–Crippen LogP) is 2.34. The van der Waals surface area contributed by atoms with Crippen LogP contribution in [0.5, 0.6) is 0 Å². The molecule has 0 atom stereocenters. The smallest absolute Gasteiger partial charge is 0.229 e. The first-order valence-corrected chi connectivity index (χ1v) is 5.89. The standard InChI is InChI=1S/C14H17N3O/c1-14(2,3)11-7-5-10(6-8-11)12(18)13-15-9-16-17(13)4/h5-9H,1-4H3. The molecular weight excluding hydrogens is 226 g/mol. The summed E-state index contributed by atoms with van der Waals surface area (Å²) in [6, 6.07) is 7.67. The van der Waals surface area contributed by atoms with E-state index in [-0.39, 0.29) is 11.2 Å². The van der Waals surface area contributed by atoms with Crippen molar-refractivity contribution in [1.29, 1.82) is 0 Å². The third-order valence-corrected chi connectivity index (χ3v) is 2.93. The minimum atomic E-state index is -0.101. The summed E-state index contributed by atoms with van der Waals surface area (Å²) in [5.74, 6) is 0.258. The van der Waals surface area contributed by atoms with Gasteiger partial charge in [0.2, 0.25) is 5.78 Å². The van der Waals surface area contributed by atoms with Crippen LogP contribution in [0, 0.1) is 0 Å². The van der Waals surface area contributed by atoms with Crippen molar-refractivity contribution in [2.45, 2.75) is 26.2 Å². The first kappa shape index (κ1) is 12.5. The Labute approximate surface area is 107 Å². The van der Waals surface area contributed by atoms with Crippen LogP contribution in [0.2, 0.25) is 0 Å². The van der Waals surface area contributed by atoms with Gasteiger partial charge in [-0.1, -0.05) is 45.0 Å². The molecular formula is C14H17N3O. The van der Waals surface area contributed by atoms with Gasteiger partial charge < -0.3 is 0 Å². The Hall–Kier alpha value is -1.97. The Balaban J connectivity index is 2.31. The zero-order valence-corrected chi connectivity index (χ0v) is 11.1. The Morgan fingerprint density at radius 3 is 2.22 bits per heavy atom. The SMILES string of the molecule is Cn1ncnc1C(=O)c1ccc(C(C)(C)C)cc1. The van der Waals surface area contributed by atoms with Crippen LogP contribution < -0.4 is 0 Å². The Kier molecular flexibility index (Phi) is 3.03. The zero-order chi connectivity index (χ0) is 13.3. The second-order valence-corrected chi connectivity index (χ2v) is 5.36. The van der Waals surface area contributed by atoms with Crippen molar-refractivity contribution in [3.63, 3.8) is 0 Å². The lowest BCUT2D eigenvalue weighted by Crippen LogP contribution is -2.13. The normalized spacial score (nSPS) is 11.6. The van der Waals surface area contributed by atoms with Crippen LogP contribution in [-0.2, 0) is 12.5 Å². The third-order valence-electron chi connectivity index (χ3n) is 2.93. The van der Waals surface area contributed by atoms with Crippen LogP contribution in [0.1, 0.15) is 42.5 Å². The molecule has 0 saturated heterocycles. The van der Waals surface area contributed by atoms with Gasteiger partial charge in [-0.2, -0.15) is 5.10 Å². The Morgan fingerprint density at radius 1 is 1.17 bits per heavy atom.